The second kappa shape index (κ2) is 10.3. The topological polar surface area (TPSA) is 71.1 Å². The van der Waals surface area contributed by atoms with E-state index in [0.717, 1.165) is 11.4 Å². The molecule has 7 heteroatoms. The van der Waals surface area contributed by atoms with Crippen LogP contribution in [0.3, 0.4) is 0 Å². The Hall–Kier alpha value is -1.86. The van der Waals surface area contributed by atoms with Gasteiger partial charge in [0.1, 0.15) is 6.04 Å². The van der Waals surface area contributed by atoms with E-state index in [0.29, 0.717) is 24.4 Å². The summed E-state index contributed by atoms with van der Waals surface area (Å²) in [6.45, 7) is 4.59. The largest absolute Gasteiger partial charge is 0.349 e. The number of aromatic nitrogens is 1. The molecule has 0 aliphatic heterocycles. The summed E-state index contributed by atoms with van der Waals surface area (Å²) in [5, 5.41) is 7.62. The Labute approximate surface area is 163 Å². The highest BCUT2D eigenvalue weighted by atomic mass is 32.2. The van der Waals surface area contributed by atoms with Gasteiger partial charge in [-0.3, -0.25) is 9.59 Å². The van der Waals surface area contributed by atoms with Gasteiger partial charge in [0.15, 0.2) is 0 Å². The van der Waals surface area contributed by atoms with E-state index in [4.69, 9.17) is 0 Å². The Balaban J connectivity index is 1.98. The van der Waals surface area contributed by atoms with Crippen molar-refractivity contribution in [3.63, 3.8) is 0 Å². The average molecular weight is 392 g/mol. The van der Waals surface area contributed by atoms with Gasteiger partial charge in [0.25, 0.3) is 5.91 Å². The van der Waals surface area contributed by atoms with Gasteiger partial charge in [0, 0.05) is 10.9 Å². The molecule has 0 aliphatic rings. The zero-order valence-electron chi connectivity index (χ0n) is 15.3. The van der Waals surface area contributed by atoms with Crippen LogP contribution in [0.15, 0.2) is 35.2 Å². The van der Waals surface area contributed by atoms with E-state index in [1.807, 2.05) is 35.9 Å². The Kier molecular flexibility index (Phi) is 8.12. The molecule has 0 saturated carbocycles. The molecule has 1 aromatic heterocycles. The predicted molar refractivity (Wildman–Crippen MR) is 109 cm³/mol. The number of thiazole rings is 1. The van der Waals surface area contributed by atoms with Gasteiger partial charge in [-0.05, 0) is 42.0 Å². The molecule has 2 aromatic rings. The molecule has 0 unspecified atom stereocenters. The maximum atomic E-state index is 12.5. The Morgan fingerprint density at radius 3 is 2.54 bits per heavy atom. The summed E-state index contributed by atoms with van der Waals surface area (Å²) < 4.78 is 0. The van der Waals surface area contributed by atoms with Gasteiger partial charge in [0.05, 0.1) is 17.7 Å². The number of nitrogens with one attached hydrogen (secondary N) is 2. The summed E-state index contributed by atoms with van der Waals surface area (Å²) in [7, 11) is 0. The summed E-state index contributed by atoms with van der Waals surface area (Å²) in [4.78, 5) is 29.2. The molecule has 1 aromatic carbocycles. The summed E-state index contributed by atoms with van der Waals surface area (Å²) in [6.07, 6.45) is 2.57. The van der Waals surface area contributed by atoms with Crippen molar-refractivity contribution in [2.24, 2.45) is 0 Å². The van der Waals surface area contributed by atoms with E-state index in [1.165, 1.54) is 16.9 Å². The van der Waals surface area contributed by atoms with Crippen LogP contribution in [0.5, 0.6) is 0 Å². The van der Waals surface area contributed by atoms with Crippen LogP contribution in [0.25, 0.3) is 0 Å². The molecule has 2 rings (SSSR count). The molecule has 5 nitrogen and oxygen atoms in total. The fraction of sp³-hybridized carbons (Fsp3) is 0.421. The molecule has 0 fully saturated rings. The molecule has 2 N–H and O–H groups in total. The lowest BCUT2D eigenvalue weighted by molar-refractivity contribution is -0.123. The molecule has 1 heterocycles. The van der Waals surface area contributed by atoms with E-state index in [-0.39, 0.29) is 11.8 Å². The number of carbonyl (C=O) groups is 2. The molecule has 0 spiro atoms. The average Bonchev–Trinajstić information content (AvgIpc) is 3.16. The standard InChI is InChI=1S/C19H25N3O2S2/c1-13(2)14-4-6-15(7-5-14)18(23)22-17(8-9-25-3)19(24)20-10-16-11-26-12-21-16/h4-7,11-13,17H,8-10H2,1-3H3,(H,20,24)(H,22,23)/t17-/m0/s1. The van der Waals surface area contributed by atoms with Crippen molar-refractivity contribution in [3.05, 3.63) is 52.0 Å². The van der Waals surface area contributed by atoms with Crippen LogP contribution in [-0.2, 0) is 11.3 Å². The Morgan fingerprint density at radius 1 is 1.23 bits per heavy atom. The van der Waals surface area contributed by atoms with Crippen LogP contribution in [0, 0.1) is 0 Å². The van der Waals surface area contributed by atoms with Gasteiger partial charge in [-0.1, -0.05) is 26.0 Å². The molecule has 0 saturated heterocycles. The number of rotatable bonds is 9. The quantitative estimate of drug-likeness (QED) is 0.687. The van der Waals surface area contributed by atoms with Gasteiger partial charge in [-0.15, -0.1) is 11.3 Å². The minimum absolute atomic E-state index is 0.181. The van der Waals surface area contributed by atoms with Crippen molar-refractivity contribution in [2.45, 2.75) is 38.8 Å². The lowest BCUT2D eigenvalue weighted by Gasteiger charge is -2.18. The summed E-state index contributed by atoms with van der Waals surface area (Å²) >= 11 is 3.14. The predicted octanol–water partition coefficient (Wildman–Crippen LogP) is 3.43. The minimum Gasteiger partial charge on any atom is -0.349 e. The van der Waals surface area contributed by atoms with Crippen molar-refractivity contribution >= 4 is 34.9 Å². The van der Waals surface area contributed by atoms with Gasteiger partial charge in [-0.2, -0.15) is 11.8 Å². The number of hydrogen-bond acceptors (Lipinski definition) is 5. The third-order valence-corrected chi connectivity index (χ3v) is 5.28. The third kappa shape index (κ3) is 6.14. The number of amides is 2. The molecule has 1 atom stereocenters. The van der Waals surface area contributed by atoms with Crippen molar-refractivity contribution in [2.75, 3.05) is 12.0 Å². The van der Waals surface area contributed by atoms with Gasteiger partial charge in [-0.25, -0.2) is 4.98 Å². The number of carbonyl (C=O) groups excluding carboxylic acids is 2. The zero-order valence-corrected chi connectivity index (χ0v) is 17.0. The molecule has 2 amide bonds. The van der Waals surface area contributed by atoms with Crippen molar-refractivity contribution in [3.8, 4) is 0 Å². The van der Waals surface area contributed by atoms with E-state index in [2.05, 4.69) is 29.5 Å². The molecular weight excluding hydrogens is 366 g/mol. The molecule has 26 heavy (non-hydrogen) atoms. The summed E-state index contributed by atoms with van der Waals surface area (Å²) in [5.74, 6) is 0.800. The monoisotopic (exact) mass is 391 g/mol. The van der Waals surface area contributed by atoms with Crippen molar-refractivity contribution < 1.29 is 9.59 Å². The number of nitrogens with zero attached hydrogens (tertiary/aromatic N) is 1. The van der Waals surface area contributed by atoms with Crippen LogP contribution in [-0.4, -0.2) is 34.8 Å². The zero-order chi connectivity index (χ0) is 18.9. The smallest absolute Gasteiger partial charge is 0.251 e. The number of thioether (sulfide) groups is 1. The lowest BCUT2D eigenvalue weighted by atomic mass is 10.0. The van der Waals surface area contributed by atoms with Crippen LogP contribution in [0.4, 0.5) is 0 Å². The van der Waals surface area contributed by atoms with Crippen LogP contribution in [0.2, 0.25) is 0 Å². The lowest BCUT2D eigenvalue weighted by Crippen LogP contribution is -2.46. The number of hydrogen-bond donors (Lipinski definition) is 2. The highest BCUT2D eigenvalue weighted by Crippen LogP contribution is 2.15. The highest BCUT2D eigenvalue weighted by Gasteiger charge is 2.21. The van der Waals surface area contributed by atoms with E-state index < -0.39 is 6.04 Å². The van der Waals surface area contributed by atoms with E-state index in [9.17, 15) is 9.59 Å². The van der Waals surface area contributed by atoms with E-state index >= 15 is 0 Å². The molecule has 0 radical (unpaired) electrons. The summed E-state index contributed by atoms with van der Waals surface area (Å²) in [5.41, 5.74) is 4.30. The van der Waals surface area contributed by atoms with Gasteiger partial charge < -0.3 is 10.6 Å². The van der Waals surface area contributed by atoms with Gasteiger partial charge in [0.2, 0.25) is 5.91 Å². The van der Waals surface area contributed by atoms with Crippen LogP contribution in [0.1, 0.15) is 47.8 Å². The Morgan fingerprint density at radius 2 is 1.96 bits per heavy atom. The SMILES string of the molecule is CSCC[C@H](NC(=O)c1ccc(C(C)C)cc1)C(=O)NCc1cscn1. The van der Waals surface area contributed by atoms with Crippen LogP contribution >= 0.6 is 23.1 Å². The second-order valence-corrected chi connectivity index (χ2v) is 7.99. The van der Waals surface area contributed by atoms with E-state index in [1.54, 1.807) is 17.3 Å². The van der Waals surface area contributed by atoms with Crippen molar-refractivity contribution in [1.29, 1.82) is 0 Å². The second-order valence-electron chi connectivity index (χ2n) is 6.28. The van der Waals surface area contributed by atoms with Crippen molar-refractivity contribution in [1.82, 2.24) is 15.6 Å². The maximum Gasteiger partial charge on any atom is 0.251 e. The summed E-state index contributed by atoms with van der Waals surface area (Å²) in [6, 6.07) is 6.98. The molecule has 0 bridgehead atoms. The Bertz CT molecular complexity index is 700. The first-order valence-corrected chi connectivity index (χ1v) is 10.9. The first-order chi connectivity index (χ1) is 12.5. The maximum absolute atomic E-state index is 12.5. The molecule has 0 aliphatic carbocycles. The normalized spacial score (nSPS) is 12.0. The van der Waals surface area contributed by atoms with Gasteiger partial charge >= 0.3 is 0 Å². The molecular formula is C19H25N3O2S2. The van der Waals surface area contributed by atoms with Crippen LogP contribution < -0.4 is 10.6 Å². The third-order valence-electron chi connectivity index (χ3n) is 4.00. The molecule has 140 valence electrons. The number of benzene rings is 1. The fourth-order valence-corrected chi connectivity index (χ4v) is 3.42. The first kappa shape index (κ1) is 20.5. The fourth-order valence-electron chi connectivity index (χ4n) is 2.39. The first-order valence-electron chi connectivity index (χ1n) is 8.55. The highest BCUT2D eigenvalue weighted by molar-refractivity contribution is 7.98. The minimum atomic E-state index is -0.557.